The minimum atomic E-state index is -0.733. The van der Waals surface area contributed by atoms with Gasteiger partial charge in [-0.25, -0.2) is 24.5 Å². The summed E-state index contributed by atoms with van der Waals surface area (Å²) in [6, 6.07) is 2.30. The number of hydroxylamine groups is 1. The van der Waals surface area contributed by atoms with Crippen molar-refractivity contribution in [3.8, 4) is 0 Å². The van der Waals surface area contributed by atoms with E-state index in [2.05, 4.69) is 16.2 Å². The van der Waals surface area contributed by atoms with Crippen LogP contribution in [0.5, 0.6) is 0 Å². The van der Waals surface area contributed by atoms with Crippen molar-refractivity contribution in [3.63, 3.8) is 0 Å². The molecule has 144 valence electrons. The number of ether oxygens (including phenoxy) is 1. The minimum Gasteiger partial charge on any atom is -0.443 e. The van der Waals surface area contributed by atoms with Crippen LogP contribution < -0.4 is 31.9 Å². The van der Waals surface area contributed by atoms with E-state index in [9.17, 15) is 13.6 Å². The average molecular weight is 372 g/mol. The Morgan fingerprint density at radius 1 is 1.31 bits per heavy atom. The van der Waals surface area contributed by atoms with Gasteiger partial charge in [-0.05, 0) is 0 Å². The fourth-order valence-corrected chi connectivity index (χ4v) is 2.97. The number of hydrogen-bond acceptors (Lipinski definition) is 8. The van der Waals surface area contributed by atoms with E-state index in [0.29, 0.717) is 39.5 Å². The van der Waals surface area contributed by atoms with Crippen LogP contribution in [0, 0.1) is 11.6 Å². The Bertz CT molecular complexity index is 619. The molecule has 2 aliphatic rings. The van der Waals surface area contributed by atoms with Crippen molar-refractivity contribution < 1.29 is 23.1 Å². The first-order valence-corrected chi connectivity index (χ1v) is 8.31. The number of cyclic esters (lactones) is 1. The van der Waals surface area contributed by atoms with Gasteiger partial charge in [0.05, 0.1) is 25.5 Å². The van der Waals surface area contributed by atoms with E-state index in [-0.39, 0.29) is 17.9 Å². The summed E-state index contributed by atoms with van der Waals surface area (Å²) in [4.78, 5) is 19.9. The number of carbonyl (C=O) groups excluding carboxylic acids is 1. The number of amides is 1. The lowest BCUT2D eigenvalue weighted by Gasteiger charge is -2.24. The number of nitrogens with zero attached hydrogens (tertiary/aromatic N) is 2. The molecule has 9 nitrogen and oxygen atoms in total. The number of hydrogen-bond donors (Lipinski definition) is 4. The summed E-state index contributed by atoms with van der Waals surface area (Å²) >= 11 is 0. The highest BCUT2D eigenvalue weighted by Gasteiger charge is 2.33. The van der Waals surface area contributed by atoms with E-state index in [1.807, 2.05) is 0 Å². The van der Waals surface area contributed by atoms with Crippen molar-refractivity contribution in [1.82, 2.24) is 16.2 Å². The van der Waals surface area contributed by atoms with E-state index >= 15 is 0 Å². The molecule has 0 aromatic heterocycles. The number of nitrogens with one attached hydrogen (secondary N) is 3. The van der Waals surface area contributed by atoms with Gasteiger partial charge in [-0.15, -0.1) is 0 Å². The van der Waals surface area contributed by atoms with E-state index in [4.69, 9.17) is 15.4 Å². The van der Waals surface area contributed by atoms with E-state index in [1.165, 1.54) is 4.90 Å². The largest absolute Gasteiger partial charge is 0.443 e. The van der Waals surface area contributed by atoms with E-state index in [1.54, 1.807) is 4.90 Å². The Hall–Kier alpha value is -2.05. The molecular weight excluding hydrogens is 350 g/mol. The Morgan fingerprint density at radius 3 is 2.81 bits per heavy atom. The van der Waals surface area contributed by atoms with Gasteiger partial charge in [0.15, 0.2) is 11.6 Å². The quantitative estimate of drug-likeness (QED) is 0.232. The Balaban J connectivity index is 1.74. The van der Waals surface area contributed by atoms with Crippen LogP contribution >= 0.6 is 0 Å². The lowest BCUT2D eigenvalue weighted by Crippen LogP contribution is -2.39. The lowest BCUT2D eigenvalue weighted by atomic mass is 10.2. The molecule has 2 fully saturated rings. The van der Waals surface area contributed by atoms with Crippen molar-refractivity contribution in [2.24, 2.45) is 5.84 Å². The maximum absolute atomic E-state index is 14.6. The van der Waals surface area contributed by atoms with Gasteiger partial charge in [0, 0.05) is 38.3 Å². The summed E-state index contributed by atoms with van der Waals surface area (Å²) in [5, 5.41) is 2.94. The monoisotopic (exact) mass is 372 g/mol. The van der Waals surface area contributed by atoms with E-state index < -0.39 is 23.8 Å². The second-order valence-electron chi connectivity index (χ2n) is 5.94. The molecule has 1 atom stereocenters. The van der Waals surface area contributed by atoms with Crippen LogP contribution in [-0.4, -0.2) is 58.2 Å². The van der Waals surface area contributed by atoms with Crippen LogP contribution in [0.2, 0.25) is 0 Å². The minimum absolute atomic E-state index is 0.123. The van der Waals surface area contributed by atoms with E-state index in [0.717, 1.165) is 12.1 Å². The number of rotatable bonds is 6. The zero-order valence-electron chi connectivity index (χ0n) is 14.1. The zero-order chi connectivity index (χ0) is 18.5. The van der Waals surface area contributed by atoms with Crippen molar-refractivity contribution >= 4 is 17.5 Å². The third-order valence-electron chi connectivity index (χ3n) is 4.15. The standard InChI is InChI=1S/C15H22F2N6O3/c16-12-5-10(23-8-11(26-15(23)24)7-19-9-20-18)6-13(17)14(12)22-2-1-21-25-4-3-22/h5-6,11,19-21H,1-4,7-9,18H2/t11-/m0/s1. The molecule has 1 aromatic rings. The first kappa shape index (κ1) is 18.7. The van der Waals surface area contributed by atoms with Gasteiger partial charge in [-0.3, -0.25) is 20.9 Å². The number of halogens is 2. The highest BCUT2D eigenvalue weighted by Crippen LogP contribution is 2.31. The summed E-state index contributed by atoms with van der Waals surface area (Å²) in [5.41, 5.74) is 5.12. The number of hydrazine groups is 1. The summed E-state index contributed by atoms with van der Waals surface area (Å²) in [5.74, 6) is 3.68. The maximum Gasteiger partial charge on any atom is 0.414 e. The molecule has 2 aliphatic heterocycles. The fraction of sp³-hybridized carbons (Fsp3) is 0.533. The van der Waals surface area contributed by atoms with Crippen molar-refractivity contribution in [3.05, 3.63) is 23.8 Å². The molecule has 2 heterocycles. The van der Waals surface area contributed by atoms with Crippen molar-refractivity contribution in [1.29, 1.82) is 0 Å². The van der Waals surface area contributed by atoms with Gasteiger partial charge < -0.3 is 9.64 Å². The van der Waals surface area contributed by atoms with Gasteiger partial charge in [0.1, 0.15) is 11.8 Å². The fourth-order valence-electron chi connectivity index (χ4n) is 2.97. The summed E-state index contributed by atoms with van der Waals surface area (Å²) < 4.78 is 34.4. The number of carbonyl (C=O) groups is 1. The molecular formula is C15H22F2N6O3. The second-order valence-corrected chi connectivity index (χ2v) is 5.94. The molecule has 2 saturated heterocycles. The normalized spacial score (nSPS) is 21.0. The topological polar surface area (TPSA) is 104 Å². The Labute approximate surface area is 149 Å². The van der Waals surface area contributed by atoms with Crippen LogP contribution in [0.4, 0.5) is 25.0 Å². The smallest absolute Gasteiger partial charge is 0.414 e. The molecule has 0 spiro atoms. The van der Waals surface area contributed by atoms with Crippen molar-refractivity contribution in [2.75, 3.05) is 55.8 Å². The van der Waals surface area contributed by atoms with Gasteiger partial charge in [0.25, 0.3) is 0 Å². The summed E-state index contributed by atoms with van der Waals surface area (Å²) in [6.07, 6.45) is -1.08. The summed E-state index contributed by atoms with van der Waals surface area (Å²) in [7, 11) is 0. The van der Waals surface area contributed by atoms with Crippen LogP contribution in [0.15, 0.2) is 12.1 Å². The predicted octanol–water partition coefficient (Wildman–Crippen LogP) is -0.358. The first-order chi connectivity index (χ1) is 12.6. The third kappa shape index (κ3) is 4.19. The first-order valence-electron chi connectivity index (χ1n) is 8.31. The highest BCUT2D eigenvalue weighted by atomic mass is 19.1. The maximum atomic E-state index is 14.6. The van der Waals surface area contributed by atoms with Gasteiger partial charge >= 0.3 is 6.09 Å². The highest BCUT2D eigenvalue weighted by molar-refractivity contribution is 5.90. The molecule has 11 heteroatoms. The van der Waals surface area contributed by atoms with Gasteiger partial charge in [-0.1, -0.05) is 0 Å². The molecule has 0 unspecified atom stereocenters. The number of anilines is 2. The molecule has 1 aromatic carbocycles. The molecule has 0 bridgehead atoms. The van der Waals surface area contributed by atoms with Gasteiger partial charge in [0.2, 0.25) is 0 Å². The second kappa shape index (κ2) is 8.56. The Kier molecular flexibility index (Phi) is 6.16. The van der Waals surface area contributed by atoms with Crippen LogP contribution in [0.1, 0.15) is 0 Å². The summed E-state index contributed by atoms with van der Waals surface area (Å²) in [6.45, 7) is 2.43. The van der Waals surface area contributed by atoms with Crippen LogP contribution in [-0.2, 0) is 9.57 Å². The number of benzene rings is 1. The third-order valence-corrected chi connectivity index (χ3v) is 4.15. The predicted molar refractivity (Wildman–Crippen MR) is 90.3 cm³/mol. The molecule has 5 N–H and O–H groups in total. The van der Waals surface area contributed by atoms with Crippen LogP contribution in [0.3, 0.4) is 0 Å². The molecule has 0 aliphatic carbocycles. The molecule has 1 amide bonds. The van der Waals surface area contributed by atoms with Gasteiger partial charge in [-0.2, -0.15) is 0 Å². The zero-order valence-corrected chi connectivity index (χ0v) is 14.1. The molecule has 0 saturated carbocycles. The Morgan fingerprint density at radius 2 is 2.08 bits per heavy atom. The number of nitrogens with two attached hydrogens (primary N) is 1. The lowest BCUT2D eigenvalue weighted by molar-refractivity contribution is 0.0589. The average Bonchev–Trinajstić information content (AvgIpc) is 2.80. The van der Waals surface area contributed by atoms with Crippen LogP contribution in [0.25, 0.3) is 0 Å². The molecule has 3 rings (SSSR count). The van der Waals surface area contributed by atoms with Crippen molar-refractivity contribution in [2.45, 2.75) is 6.10 Å². The SMILES string of the molecule is NNCNC[C@H]1CN(c2cc(F)c(N3CCNOCC3)c(F)c2)C(=O)O1. The molecule has 26 heavy (non-hydrogen) atoms. The molecule has 0 radical (unpaired) electrons.